The van der Waals surface area contributed by atoms with Crippen LogP contribution in [0, 0.1) is 10.1 Å². The fourth-order valence-corrected chi connectivity index (χ4v) is 5.35. The molecule has 1 aliphatic rings. The van der Waals surface area contributed by atoms with Crippen molar-refractivity contribution >= 4 is 33.2 Å². The third-order valence-corrected chi connectivity index (χ3v) is 6.58. The van der Waals surface area contributed by atoms with Gasteiger partial charge in [0.2, 0.25) is 10.0 Å². The van der Waals surface area contributed by atoms with E-state index in [1.54, 1.807) is 11.8 Å². The summed E-state index contributed by atoms with van der Waals surface area (Å²) >= 11 is 1.68. The molecule has 1 saturated heterocycles. The molecule has 0 amide bonds. The van der Waals surface area contributed by atoms with Gasteiger partial charge in [-0.1, -0.05) is 6.07 Å². The molecule has 0 saturated carbocycles. The number of benzene rings is 1. The number of para-hydroxylation sites is 1. The van der Waals surface area contributed by atoms with Crippen molar-refractivity contribution in [2.24, 2.45) is 0 Å². The molecule has 1 aliphatic heterocycles. The Kier molecular flexibility index (Phi) is 4.74. The maximum atomic E-state index is 12.8. The predicted molar refractivity (Wildman–Crippen MR) is 83.3 cm³/mol. The van der Waals surface area contributed by atoms with Gasteiger partial charge in [0.15, 0.2) is 4.90 Å². The topological polar surface area (TPSA) is 92.6 Å². The zero-order chi connectivity index (χ0) is 15.6. The monoisotopic (exact) mass is 331 g/mol. The average Bonchev–Trinajstić information content (AvgIpc) is 2.46. The lowest BCUT2D eigenvalue weighted by Crippen LogP contribution is -2.44. The van der Waals surface area contributed by atoms with E-state index in [4.69, 9.17) is 0 Å². The highest BCUT2D eigenvalue weighted by Gasteiger charge is 2.37. The van der Waals surface area contributed by atoms with Gasteiger partial charge in [0.25, 0.3) is 0 Å². The Morgan fingerprint density at radius 1 is 1.48 bits per heavy atom. The van der Waals surface area contributed by atoms with Crippen molar-refractivity contribution in [1.29, 1.82) is 0 Å². The third kappa shape index (κ3) is 2.99. The van der Waals surface area contributed by atoms with Gasteiger partial charge in [-0.15, -0.1) is 0 Å². The number of sulfonamides is 1. The first-order chi connectivity index (χ1) is 9.89. The second-order valence-corrected chi connectivity index (χ2v) is 7.71. The number of nitrogens with one attached hydrogen (secondary N) is 1. The van der Waals surface area contributed by atoms with E-state index in [0.29, 0.717) is 18.1 Å². The van der Waals surface area contributed by atoms with E-state index in [9.17, 15) is 18.5 Å². The molecule has 7 nitrogen and oxygen atoms in total. The molecule has 2 rings (SSSR count). The van der Waals surface area contributed by atoms with Crippen LogP contribution in [0.15, 0.2) is 23.1 Å². The van der Waals surface area contributed by atoms with E-state index < -0.39 is 20.6 Å². The summed E-state index contributed by atoms with van der Waals surface area (Å²) in [6, 6.07) is 4.12. The smallest absolute Gasteiger partial charge is 0.312 e. The number of hydrogen-bond acceptors (Lipinski definition) is 6. The summed E-state index contributed by atoms with van der Waals surface area (Å²) in [7, 11) is -2.35. The zero-order valence-corrected chi connectivity index (χ0v) is 13.4. The molecule has 0 radical (unpaired) electrons. The summed E-state index contributed by atoms with van der Waals surface area (Å²) in [4.78, 5) is 10.4. The molecule has 1 unspecified atom stereocenters. The van der Waals surface area contributed by atoms with Crippen LogP contribution in [0.4, 0.5) is 11.4 Å². The largest absolute Gasteiger partial charge is 0.383 e. The molecule has 21 heavy (non-hydrogen) atoms. The normalized spacial score (nSPS) is 20.2. The molecule has 1 aromatic rings. The van der Waals surface area contributed by atoms with Gasteiger partial charge in [0.05, 0.1) is 4.92 Å². The fourth-order valence-electron chi connectivity index (χ4n) is 2.32. The molecular formula is C12H17N3O4S2. The lowest BCUT2D eigenvalue weighted by Gasteiger charge is -2.31. The molecule has 1 fully saturated rings. The van der Waals surface area contributed by atoms with Gasteiger partial charge in [-0.3, -0.25) is 10.1 Å². The number of nitro benzene ring substituents is 1. The minimum absolute atomic E-state index is 0.174. The number of nitro groups is 1. The quantitative estimate of drug-likeness (QED) is 0.667. The highest BCUT2D eigenvalue weighted by molar-refractivity contribution is 7.99. The van der Waals surface area contributed by atoms with Crippen LogP contribution in [0.5, 0.6) is 0 Å². The second-order valence-electron chi connectivity index (χ2n) is 4.70. The van der Waals surface area contributed by atoms with Gasteiger partial charge >= 0.3 is 5.69 Å². The highest BCUT2D eigenvalue weighted by Crippen LogP contribution is 2.35. The first-order valence-corrected chi connectivity index (χ1v) is 9.03. The number of thioether (sulfide) groups is 1. The Bertz CT molecular complexity index is 648. The summed E-state index contributed by atoms with van der Waals surface area (Å²) in [5.41, 5.74) is -0.203. The molecule has 9 heteroatoms. The molecule has 1 aromatic carbocycles. The second kappa shape index (κ2) is 6.20. The van der Waals surface area contributed by atoms with E-state index in [1.165, 1.54) is 29.6 Å². The van der Waals surface area contributed by atoms with Crippen LogP contribution in [-0.2, 0) is 10.0 Å². The van der Waals surface area contributed by atoms with Gasteiger partial charge < -0.3 is 5.32 Å². The first-order valence-electron chi connectivity index (χ1n) is 6.44. The summed E-state index contributed by atoms with van der Waals surface area (Å²) in [5.74, 6) is 1.39. The molecule has 0 aliphatic carbocycles. The van der Waals surface area contributed by atoms with E-state index in [1.807, 2.05) is 6.92 Å². The van der Waals surface area contributed by atoms with Crippen molar-refractivity contribution in [2.45, 2.75) is 17.9 Å². The molecule has 1 atom stereocenters. The lowest BCUT2D eigenvalue weighted by atomic mass is 10.3. The van der Waals surface area contributed by atoms with Crippen LogP contribution < -0.4 is 5.32 Å². The van der Waals surface area contributed by atoms with Crippen molar-refractivity contribution in [3.63, 3.8) is 0 Å². The van der Waals surface area contributed by atoms with Crippen molar-refractivity contribution in [1.82, 2.24) is 4.31 Å². The van der Waals surface area contributed by atoms with Gasteiger partial charge in [0, 0.05) is 31.1 Å². The SMILES string of the molecule is CNc1cccc(S(=O)(=O)N2CCSCC2C)c1[N+](=O)[O-]. The Balaban J connectivity index is 2.57. The van der Waals surface area contributed by atoms with Gasteiger partial charge in [-0.05, 0) is 19.1 Å². The van der Waals surface area contributed by atoms with Crippen molar-refractivity contribution < 1.29 is 13.3 Å². The Hall–Kier alpha value is -1.32. The standard InChI is InChI=1S/C12H17N3O4S2/c1-9-8-20-7-6-14(9)21(18,19)11-5-3-4-10(13-2)12(11)15(16)17/h3-5,9,13H,6-8H2,1-2H3. The van der Waals surface area contributed by atoms with Gasteiger partial charge in [-0.25, -0.2) is 8.42 Å². The molecule has 1 heterocycles. The molecular weight excluding hydrogens is 314 g/mol. The summed E-state index contributed by atoms with van der Waals surface area (Å²) in [6.07, 6.45) is 0. The Morgan fingerprint density at radius 2 is 2.19 bits per heavy atom. The average molecular weight is 331 g/mol. The van der Waals surface area contributed by atoms with Crippen LogP contribution >= 0.6 is 11.8 Å². The number of anilines is 1. The highest BCUT2D eigenvalue weighted by atomic mass is 32.2. The van der Waals surface area contributed by atoms with Crippen LogP contribution in [0.3, 0.4) is 0 Å². The minimum Gasteiger partial charge on any atom is -0.383 e. The van der Waals surface area contributed by atoms with Crippen LogP contribution in [0.2, 0.25) is 0 Å². The van der Waals surface area contributed by atoms with Crippen LogP contribution in [0.25, 0.3) is 0 Å². The Labute approximate surface area is 127 Å². The van der Waals surface area contributed by atoms with Crippen molar-refractivity contribution in [2.75, 3.05) is 30.4 Å². The number of rotatable bonds is 4. The fraction of sp³-hybridized carbons (Fsp3) is 0.500. The van der Waals surface area contributed by atoms with E-state index >= 15 is 0 Å². The lowest BCUT2D eigenvalue weighted by molar-refractivity contribution is -0.386. The zero-order valence-electron chi connectivity index (χ0n) is 11.8. The molecule has 0 spiro atoms. The predicted octanol–water partition coefficient (Wildman–Crippen LogP) is 1.76. The third-order valence-electron chi connectivity index (χ3n) is 3.34. The van der Waals surface area contributed by atoms with Gasteiger partial charge in [0.1, 0.15) is 5.69 Å². The molecule has 0 aromatic heterocycles. The summed E-state index contributed by atoms with van der Waals surface area (Å²) in [5, 5.41) is 14.0. The van der Waals surface area contributed by atoms with E-state index in [2.05, 4.69) is 5.32 Å². The summed E-state index contributed by atoms with van der Waals surface area (Å²) in [6.45, 7) is 2.19. The molecule has 116 valence electrons. The minimum atomic E-state index is -3.88. The molecule has 1 N–H and O–H groups in total. The van der Waals surface area contributed by atoms with Gasteiger partial charge in [-0.2, -0.15) is 16.1 Å². The van der Waals surface area contributed by atoms with Crippen molar-refractivity contribution in [3.8, 4) is 0 Å². The molecule has 0 bridgehead atoms. The number of nitrogens with zero attached hydrogens (tertiary/aromatic N) is 2. The summed E-state index contributed by atoms with van der Waals surface area (Å²) < 4.78 is 26.9. The maximum Gasteiger partial charge on any atom is 0.312 e. The van der Waals surface area contributed by atoms with E-state index in [0.717, 1.165) is 0 Å². The first kappa shape index (κ1) is 16.1. The maximum absolute atomic E-state index is 12.8. The van der Waals surface area contributed by atoms with Crippen molar-refractivity contribution in [3.05, 3.63) is 28.3 Å². The van der Waals surface area contributed by atoms with Crippen LogP contribution in [0.1, 0.15) is 6.92 Å². The van der Waals surface area contributed by atoms with Crippen LogP contribution in [-0.4, -0.2) is 48.8 Å². The number of hydrogen-bond donors (Lipinski definition) is 1. The van der Waals surface area contributed by atoms with E-state index in [-0.39, 0.29) is 16.6 Å². The Morgan fingerprint density at radius 3 is 2.76 bits per heavy atom.